The SMILES string of the molecule is Clc1ccc(N2CCc3oc(-c4ccccn4)nc3C2)cc1. The lowest BCUT2D eigenvalue weighted by molar-refractivity contribution is 0.498. The van der Waals surface area contributed by atoms with Gasteiger partial charge in [-0.3, -0.25) is 4.98 Å². The van der Waals surface area contributed by atoms with Crippen LogP contribution >= 0.6 is 11.6 Å². The van der Waals surface area contributed by atoms with E-state index in [9.17, 15) is 0 Å². The van der Waals surface area contributed by atoms with Crippen molar-refractivity contribution in [1.29, 1.82) is 0 Å². The van der Waals surface area contributed by atoms with Crippen LogP contribution in [0.4, 0.5) is 5.69 Å². The molecule has 0 atom stereocenters. The molecule has 0 N–H and O–H groups in total. The van der Waals surface area contributed by atoms with Gasteiger partial charge in [0.1, 0.15) is 17.1 Å². The molecule has 0 amide bonds. The zero-order valence-corrected chi connectivity index (χ0v) is 12.6. The minimum absolute atomic E-state index is 0.601. The van der Waals surface area contributed by atoms with Crippen molar-refractivity contribution < 1.29 is 4.42 Å². The van der Waals surface area contributed by atoms with E-state index in [1.165, 1.54) is 0 Å². The van der Waals surface area contributed by atoms with Gasteiger partial charge in [0.15, 0.2) is 0 Å². The highest BCUT2D eigenvalue weighted by Crippen LogP contribution is 2.28. The summed E-state index contributed by atoms with van der Waals surface area (Å²) in [7, 11) is 0. The fourth-order valence-corrected chi connectivity index (χ4v) is 2.80. The molecular weight excluding hydrogens is 298 g/mol. The predicted molar refractivity (Wildman–Crippen MR) is 85.9 cm³/mol. The maximum absolute atomic E-state index is 5.95. The largest absolute Gasteiger partial charge is 0.439 e. The van der Waals surface area contributed by atoms with Gasteiger partial charge in [-0.15, -0.1) is 0 Å². The number of aromatic nitrogens is 2. The smallest absolute Gasteiger partial charge is 0.245 e. The number of oxazole rings is 1. The van der Waals surface area contributed by atoms with E-state index < -0.39 is 0 Å². The molecule has 5 heteroatoms. The van der Waals surface area contributed by atoms with Crippen LogP contribution in [0.1, 0.15) is 11.5 Å². The molecule has 22 heavy (non-hydrogen) atoms. The van der Waals surface area contributed by atoms with E-state index in [2.05, 4.69) is 14.9 Å². The molecule has 4 nitrogen and oxygen atoms in total. The van der Waals surface area contributed by atoms with Gasteiger partial charge in [0, 0.05) is 29.9 Å². The lowest BCUT2D eigenvalue weighted by Crippen LogP contribution is -2.29. The number of pyridine rings is 1. The first kappa shape index (κ1) is 13.3. The molecule has 110 valence electrons. The van der Waals surface area contributed by atoms with Gasteiger partial charge in [-0.05, 0) is 36.4 Å². The summed E-state index contributed by atoms with van der Waals surface area (Å²) in [6, 6.07) is 13.6. The average molecular weight is 312 g/mol. The first-order chi connectivity index (χ1) is 10.8. The molecule has 1 aliphatic rings. The molecule has 0 fully saturated rings. The second-order valence-corrected chi connectivity index (χ2v) is 5.69. The average Bonchev–Trinajstić information content (AvgIpc) is 2.99. The third-order valence-electron chi connectivity index (χ3n) is 3.80. The number of hydrogen-bond acceptors (Lipinski definition) is 4. The van der Waals surface area contributed by atoms with Gasteiger partial charge in [-0.1, -0.05) is 17.7 Å². The number of hydrogen-bond donors (Lipinski definition) is 0. The van der Waals surface area contributed by atoms with Gasteiger partial charge in [0.05, 0.1) is 6.54 Å². The summed E-state index contributed by atoms with van der Waals surface area (Å²) in [5.74, 6) is 1.56. The lowest BCUT2D eigenvalue weighted by Gasteiger charge is -2.27. The fourth-order valence-electron chi connectivity index (χ4n) is 2.67. The van der Waals surface area contributed by atoms with Gasteiger partial charge >= 0.3 is 0 Å². The Morgan fingerprint density at radius 1 is 1.09 bits per heavy atom. The van der Waals surface area contributed by atoms with Crippen LogP contribution in [0.15, 0.2) is 53.1 Å². The van der Waals surface area contributed by atoms with Crippen LogP contribution in [0.2, 0.25) is 5.02 Å². The topological polar surface area (TPSA) is 42.2 Å². The Morgan fingerprint density at radius 2 is 1.95 bits per heavy atom. The maximum Gasteiger partial charge on any atom is 0.245 e. The quantitative estimate of drug-likeness (QED) is 0.718. The van der Waals surface area contributed by atoms with Crippen LogP contribution in [0.25, 0.3) is 11.6 Å². The Hall–Kier alpha value is -2.33. The fraction of sp³-hybridized carbons (Fsp3) is 0.176. The molecule has 0 unspecified atom stereocenters. The van der Waals surface area contributed by atoms with Gasteiger partial charge in [0.2, 0.25) is 5.89 Å². The van der Waals surface area contributed by atoms with Gasteiger partial charge in [-0.25, -0.2) is 4.98 Å². The summed E-state index contributed by atoms with van der Waals surface area (Å²) < 4.78 is 5.87. The normalized spacial score (nSPS) is 14.0. The van der Waals surface area contributed by atoms with Crippen molar-refractivity contribution in [1.82, 2.24) is 9.97 Å². The Kier molecular flexibility index (Phi) is 3.31. The van der Waals surface area contributed by atoms with Crippen molar-refractivity contribution >= 4 is 17.3 Å². The lowest BCUT2D eigenvalue weighted by atomic mass is 10.1. The van der Waals surface area contributed by atoms with Crippen molar-refractivity contribution in [2.24, 2.45) is 0 Å². The van der Waals surface area contributed by atoms with Crippen LogP contribution < -0.4 is 4.90 Å². The van der Waals surface area contributed by atoms with Crippen molar-refractivity contribution in [3.05, 3.63) is 65.1 Å². The highest BCUT2D eigenvalue weighted by molar-refractivity contribution is 6.30. The van der Waals surface area contributed by atoms with Crippen LogP contribution in [-0.4, -0.2) is 16.5 Å². The molecule has 0 bridgehead atoms. The minimum Gasteiger partial charge on any atom is -0.439 e. The molecule has 3 aromatic rings. The summed E-state index contributed by atoms with van der Waals surface area (Å²) in [4.78, 5) is 11.2. The van der Waals surface area contributed by atoms with E-state index in [-0.39, 0.29) is 0 Å². The van der Waals surface area contributed by atoms with E-state index in [1.807, 2.05) is 42.5 Å². The first-order valence-corrected chi connectivity index (χ1v) is 7.58. The molecule has 2 aromatic heterocycles. The Morgan fingerprint density at radius 3 is 2.73 bits per heavy atom. The first-order valence-electron chi connectivity index (χ1n) is 7.20. The molecule has 0 radical (unpaired) electrons. The number of fused-ring (bicyclic) bond motifs is 1. The Labute approximate surface area is 133 Å². The number of halogens is 1. The molecule has 1 aliphatic heterocycles. The van der Waals surface area contributed by atoms with Crippen LogP contribution in [0.3, 0.4) is 0 Å². The van der Waals surface area contributed by atoms with Crippen LogP contribution in [0.5, 0.6) is 0 Å². The highest BCUT2D eigenvalue weighted by Gasteiger charge is 2.23. The van der Waals surface area contributed by atoms with Crippen molar-refractivity contribution in [3.8, 4) is 11.6 Å². The minimum atomic E-state index is 0.601. The number of rotatable bonds is 2. The summed E-state index contributed by atoms with van der Waals surface area (Å²) >= 11 is 5.95. The molecule has 1 aromatic carbocycles. The van der Waals surface area contributed by atoms with Crippen molar-refractivity contribution in [2.75, 3.05) is 11.4 Å². The zero-order chi connectivity index (χ0) is 14.9. The summed E-state index contributed by atoms with van der Waals surface area (Å²) in [5, 5.41) is 0.750. The molecule has 4 rings (SSSR count). The van der Waals surface area contributed by atoms with E-state index in [0.717, 1.165) is 47.4 Å². The third kappa shape index (κ3) is 2.46. The molecule has 0 aliphatic carbocycles. The van der Waals surface area contributed by atoms with Gasteiger partial charge in [-0.2, -0.15) is 0 Å². The summed E-state index contributed by atoms with van der Waals surface area (Å²) in [6.45, 7) is 1.65. The second-order valence-electron chi connectivity index (χ2n) is 5.25. The van der Waals surface area contributed by atoms with Gasteiger partial charge in [0.25, 0.3) is 0 Å². The second kappa shape index (κ2) is 5.46. The monoisotopic (exact) mass is 311 g/mol. The van der Waals surface area contributed by atoms with Crippen molar-refractivity contribution in [3.63, 3.8) is 0 Å². The van der Waals surface area contributed by atoms with E-state index in [4.69, 9.17) is 16.0 Å². The van der Waals surface area contributed by atoms with E-state index in [1.54, 1.807) is 6.20 Å². The highest BCUT2D eigenvalue weighted by atomic mass is 35.5. The molecule has 0 saturated carbocycles. The predicted octanol–water partition coefficient (Wildman–Crippen LogP) is 3.95. The summed E-state index contributed by atoms with van der Waals surface area (Å²) in [6.07, 6.45) is 2.59. The van der Waals surface area contributed by atoms with Crippen LogP contribution in [-0.2, 0) is 13.0 Å². The van der Waals surface area contributed by atoms with Crippen molar-refractivity contribution in [2.45, 2.75) is 13.0 Å². The van der Waals surface area contributed by atoms with Gasteiger partial charge < -0.3 is 9.32 Å². The molecule has 3 heterocycles. The molecular formula is C17H14ClN3O. The van der Waals surface area contributed by atoms with Crippen LogP contribution in [0, 0.1) is 0 Å². The summed E-state index contributed by atoms with van der Waals surface area (Å²) in [5.41, 5.74) is 2.91. The third-order valence-corrected chi connectivity index (χ3v) is 4.06. The molecule has 0 saturated heterocycles. The van der Waals surface area contributed by atoms with E-state index >= 15 is 0 Å². The number of anilines is 1. The number of nitrogens with zero attached hydrogens (tertiary/aromatic N) is 3. The maximum atomic E-state index is 5.95. The van der Waals surface area contributed by atoms with E-state index in [0.29, 0.717) is 5.89 Å². The number of benzene rings is 1. The standard InChI is InChI=1S/C17H14ClN3O/c18-12-4-6-13(7-5-12)21-10-8-16-15(11-21)20-17(22-16)14-3-1-2-9-19-14/h1-7,9H,8,10-11H2. The molecule has 0 spiro atoms. The Bertz CT molecular complexity index is 783. The Balaban J connectivity index is 1.61. The zero-order valence-electron chi connectivity index (χ0n) is 11.9.